The number of para-hydroxylation sites is 4. The zero-order chi connectivity index (χ0) is 33.0. The summed E-state index contributed by atoms with van der Waals surface area (Å²) in [7, 11) is 0. The van der Waals surface area contributed by atoms with Gasteiger partial charge in [-0.25, -0.2) is 15.0 Å². The number of hydrogen-bond donors (Lipinski definition) is 0. The first-order valence-corrected chi connectivity index (χ1v) is 16.7. The van der Waals surface area contributed by atoms with Crippen LogP contribution in [0.3, 0.4) is 0 Å². The molecule has 0 aliphatic heterocycles. The molecule has 5 nitrogen and oxygen atoms in total. The van der Waals surface area contributed by atoms with Crippen molar-refractivity contribution in [2.45, 2.75) is 0 Å². The van der Waals surface area contributed by atoms with Gasteiger partial charge >= 0.3 is 0 Å². The van der Waals surface area contributed by atoms with E-state index in [1.807, 2.05) is 72.8 Å². The molecule has 0 fully saturated rings. The summed E-state index contributed by atoms with van der Waals surface area (Å²) in [6, 6.07) is 58.6. The Hall–Kier alpha value is -6.85. The highest BCUT2D eigenvalue weighted by Crippen LogP contribution is 2.43. The Morgan fingerprint density at radius 3 is 1.70 bits per heavy atom. The lowest BCUT2D eigenvalue weighted by atomic mass is 9.97. The van der Waals surface area contributed by atoms with Crippen molar-refractivity contribution in [3.63, 3.8) is 0 Å². The zero-order valence-corrected chi connectivity index (χ0v) is 26.9. The van der Waals surface area contributed by atoms with Crippen LogP contribution in [-0.4, -0.2) is 19.5 Å². The van der Waals surface area contributed by atoms with Crippen LogP contribution >= 0.6 is 0 Å². The first-order chi connectivity index (χ1) is 24.8. The lowest BCUT2D eigenvalue weighted by Crippen LogP contribution is -2.00. The maximum absolute atomic E-state index is 6.64. The van der Waals surface area contributed by atoms with Crippen molar-refractivity contribution in [2.24, 2.45) is 0 Å². The van der Waals surface area contributed by atoms with E-state index in [1.165, 1.54) is 10.8 Å². The van der Waals surface area contributed by atoms with E-state index >= 15 is 0 Å². The molecule has 10 aromatic rings. The van der Waals surface area contributed by atoms with E-state index in [0.717, 1.165) is 66.5 Å². The van der Waals surface area contributed by atoms with Gasteiger partial charge in [0.1, 0.15) is 11.2 Å². The van der Waals surface area contributed by atoms with Crippen molar-refractivity contribution in [3.05, 3.63) is 170 Å². The topological polar surface area (TPSA) is 56.7 Å². The summed E-state index contributed by atoms with van der Waals surface area (Å²) in [5.74, 6) is 1.77. The smallest absolute Gasteiger partial charge is 0.167 e. The molecule has 0 radical (unpaired) electrons. The third kappa shape index (κ3) is 4.52. The summed E-state index contributed by atoms with van der Waals surface area (Å²) in [6.07, 6.45) is 0. The second-order valence-corrected chi connectivity index (χ2v) is 12.4. The van der Waals surface area contributed by atoms with Crippen LogP contribution in [0.25, 0.3) is 94.7 Å². The van der Waals surface area contributed by atoms with Crippen LogP contribution in [0.1, 0.15) is 0 Å². The number of furan rings is 1. The Labute approximate surface area is 287 Å². The van der Waals surface area contributed by atoms with E-state index < -0.39 is 0 Å². The van der Waals surface area contributed by atoms with Crippen molar-refractivity contribution >= 4 is 43.7 Å². The third-order valence-electron chi connectivity index (χ3n) is 9.44. The van der Waals surface area contributed by atoms with Gasteiger partial charge < -0.3 is 8.98 Å². The third-order valence-corrected chi connectivity index (χ3v) is 9.44. The number of rotatable bonds is 5. The van der Waals surface area contributed by atoms with Crippen LogP contribution in [0.15, 0.2) is 174 Å². The molecule has 10 rings (SSSR count). The van der Waals surface area contributed by atoms with Crippen molar-refractivity contribution in [2.75, 3.05) is 0 Å². The molecule has 3 aromatic heterocycles. The molecule has 0 aliphatic carbocycles. The van der Waals surface area contributed by atoms with Crippen LogP contribution in [0.4, 0.5) is 0 Å². The van der Waals surface area contributed by atoms with Crippen LogP contribution < -0.4 is 0 Å². The van der Waals surface area contributed by atoms with E-state index in [9.17, 15) is 0 Å². The highest BCUT2D eigenvalue weighted by Gasteiger charge is 2.22. The molecule has 0 atom stereocenters. The van der Waals surface area contributed by atoms with Gasteiger partial charge in [-0.15, -0.1) is 0 Å². The molecule has 0 unspecified atom stereocenters. The van der Waals surface area contributed by atoms with Crippen LogP contribution in [0, 0.1) is 0 Å². The largest absolute Gasteiger partial charge is 0.455 e. The number of nitrogens with zero attached hydrogens (tertiary/aromatic N) is 4. The molecule has 0 amide bonds. The number of benzene rings is 7. The molecule has 0 saturated heterocycles. The molecule has 0 N–H and O–H groups in total. The standard InChI is InChI=1S/C45H28N4O/c1-4-15-29(16-5-1)43-46-44(30-17-6-2-7-18-30)48-45(47-43)38-28-31(27-37-35-22-11-13-26-40(35)50-42(37)38)33-23-14-24-36-34-21-10-12-25-39(34)49(41(33)36)32-19-8-3-9-20-32/h1-28H. The van der Waals surface area contributed by atoms with E-state index in [4.69, 9.17) is 19.4 Å². The second kappa shape index (κ2) is 11.4. The van der Waals surface area contributed by atoms with E-state index in [2.05, 4.69) is 102 Å². The number of hydrogen-bond acceptors (Lipinski definition) is 4. The first kappa shape index (κ1) is 28.2. The van der Waals surface area contributed by atoms with E-state index in [0.29, 0.717) is 17.5 Å². The van der Waals surface area contributed by atoms with Gasteiger partial charge in [-0.1, -0.05) is 133 Å². The Morgan fingerprint density at radius 1 is 0.400 bits per heavy atom. The Bertz CT molecular complexity index is 2800. The summed E-state index contributed by atoms with van der Waals surface area (Å²) in [4.78, 5) is 15.2. The van der Waals surface area contributed by atoms with Crippen LogP contribution in [-0.2, 0) is 0 Å². The van der Waals surface area contributed by atoms with Crippen LogP contribution in [0.2, 0.25) is 0 Å². The van der Waals surface area contributed by atoms with Gasteiger partial charge in [-0.3, -0.25) is 0 Å². The van der Waals surface area contributed by atoms with Gasteiger partial charge in [0, 0.05) is 43.9 Å². The SMILES string of the molecule is c1ccc(-c2nc(-c3ccccc3)nc(-c3cc(-c4cccc5c6ccccc6n(-c6ccccc6)c45)cc4c3oc3ccccc34)n2)cc1. The molecular weight excluding hydrogens is 613 g/mol. The van der Waals surface area contributed by atoms with Crippen LogP contribution in [0.5, 0.6) is 0 Å². The van der Waals surface area contributed by atoms with Gasteiger partial charge in [-0.2, -0.15) is 0 Å². The van der Waals surface area contributed by atoms with Gasteiger partial charge in [0.2, 0.25) is 0 Å². The van der Waals surface area contributed by atoms with Crippen molar-refractivity contribution in [1.29, 1.82) is 0 Å². The molecule has 234 valence electrons. The summed E-state index contributed by atoms with van der Waals surface area (Å²) >= 11 is 0. The predicted molar refractivity (Wildman–Crippen MR) is 203 cm³/mol. The molecule has 50 heavy (non-hydrogen) atoms. The predicted octanol–water partition coefficient (Wildman–Crippen LogP) is 11.5. The lowest BCUT2D eigenvalue weighted by Gasteiger charge is -2.13. The van der Waals surface area contributed by atoms with Crippen molar-refractivity contribution < 1.29 is 4.42 Å². The summed E-state index contributed by atoms with van der Waals surface area (Å²) in [6.45, 7) is 0. The molecule has 7 aromatic carbocycles. The maximum atomic E-state index is 6.64. The van der Waals surface area contributed by atoms with Gasteiger partial charge in [0.15, 0.2) is 17.5 Å². The normalized spacial score (nSPS) is 11.6. The monoisotopic (exact) mass is 640 g/mol. The number of fused-ring (bicyclic) bond motifs is 6. The van der Waals surface area contributed by atoms with E-state index in [-0.39, 0.29) is 0 Å². The molecule has 0 aliphatic rings. The Balaban J connectivity index is 1.31. The molecule has 0 bridgehead atoms. The average Bonchev–Trinajstić information content (AvgIpc) is 3.74. The molecular formula is C45H28N4O. The highest BCUT2D eigenvalue weighted by molar-refractivity contribution is 6.16. The maximum Gasteiger partial charge on any atom is 0.167 e. The average molecular weight is 641 g/mol. The number of aromatic nitrogens is 4. The fourth-order valence-corrected chi connectivity index (χ4v) is 7.17. The fraction of sp³-hybridized carbons (Fsp3) is 0. The first-order valence-electron chi connectivity index (χ1n) is 16.7. The Morgan fingerprint density at radius 2 is 0.980 bits per heavy atom. The molecule has 3 heterocycles. The fourth-order valence-electron chi connectivity index (χ4n) is 7.17. The zero-order valence-electron chi connectivity index (χ0n) is 26.9. The minimum Gasteiger partial charge on any atom is -0.455 e. The quantitative estimate of drug-likeness (QED) is 0.188. The summed E-state index contributed by atoms with van der Waals surface area (Å²) in [5.41, 5.74) is 9.78. The minimum absolute atomic E-state index is 0.555. The summed E-state index contributed by atoms with van der Waals surface area (Å²) < 4.78 is 9.02. The van der Waals surface area contributed by atoms with Gasteiger partial charge in [0.25, 0.3) is 0 Å². The highest BCUT2D eigenvalue weighted by atomic mass is 16.3. The lowest BCUT2D eigenvalue weighted by molar-refractivity contribution is 0.669. The van der Waals surface area contributed by atoms with Gasteiger partial charge in [0.05, 0.1) is 16.6 Å². The van der Waals surface area contributed by atoms with Crippen molar-refractivity contribution in [3.8, 4) is 51.0 Å². The molecule has 5 heteroatoms. The van der Waals surface area contributed by atoms with Crippen molar-refractivity contribution in [1.82, 2.24) is 19.5 Å². The van der Waals surface area contributed by atoms with Gasteiger partial charge in [-0.05, 0) is 42.0 Å². The molecule has 0 saturated carbocycles. The Kier molecular flexibility index (Phi) is 6.42. The second-order valence-electron chi connectivity index (χ2n) is 12.4. The molecule has 0 spiro atoms. The van der Waals surface area contributed by atoms with E-state index in [1.54, 1.807) is 0 Å². The minimum atomic E-state index is 0.555. The summed E-state index contributed by atoms with van der Waals surface area (Å²) in [5, 5.41) is 4.46.